The zero-order valence-electron chi connectivity index (χ0n) is 11.0. The maximum absolute atomic E-state index is 11.8. The lowest BCUT2D eigenvalue weighted by Crippen LogP contribution is -2.31. The van der Waals surface area contributed by atoms with Crippen LogP contribution in [0.4, 0.5) is 0 Å². The number of sulfonamides is 1. The van der Waals surface area contributed by atoms with E-state index in [2.05, 4.69) is 19.2 Å². The Hall–Kier alpha value is -0.130. The van der Waals surface area contributed by atoms with Crippen LogP contribution in [0.3, 0.4) is 0 Å². The Morgan fingerprint density at radius 3 is 2.38 bits per heavy atom. The normalized spacial score (nSPS) is 12.6. The molecule has 0 aliphatic heterocycles. The summed E-state index contributed by atoms with van der Waals surface area (Å²) >= 11 is 0. The van der Waals surface area contributed by atoms with E-state index in [0.717, 1.165) is 25.8 Å². The van der Waals surface area contributed by atoms with Crippen LogP contribution >= 0.6 is 0 Å². The minimum absolute atomic E-state index is 0.267. The summed E-state index contributed by atoms with van der Waals surface area (Å²) in [5.41, 5.74) is 0. The number of unbranched alkanes of at least 4 members (excludes halogenated alkanes) is 1. The van der Waals surface area contributed by atoms with Crippen molar-refractivity contribution in [1.82, 2.24) is 9.62 Å². The molecule has 4 nitrogen and oxygen atoms in total. The van der Waals surface area contributed by atoms with Crippen molar-refractivity contribution in [3.05, 3.63) is 0 Å². The lowest BCUT2D eigenvalue weighted by atomic mass is 10.1. The van der Waals surface area contributed by atoms with Gasteiger partial charge in [-0.25, -0.2) is 12.7 Å². The lowest BCUT2D eigenvalue weighted by molar-refractivity contribution is 0.427. The van der Waals surface area contributed by atoms with Gasteiger partial charge in [-0.3, -0.25) is 0 Å². The van der Waals surface area contributed by atoms with E-state index >= 15 is 0 Å². The lowest BCUT2D eigenvalue weighted by Gasteiger charge is -2.18. The smallest absolute Gasteiger partial charge is 0.213 e. The molecular formula is C11H26N2O2S. The summed E-state index contributed by atoms with van der Waals surface area (Å²) in [6, 6.07) is 0. The van der Waals surface area contributed by atoms with Gasteiger partial charge < -0.3 is 5.32 Å². The fraction of sp³-hybridized carbons (Fsp3) is 1.00. The highest BCUT2D eigenvalue weighted by atomic mass is 32.2. The highest BCUT2D eigenvalue weighted by Gasteiger charge is 2.16. The third kappa shape index (κ3) is 7.19. The second kappa shape index (κ2) is 8.03. The van der Waals surface area contributed by atoms with Crippen LogP contribution in [0.2, 0.25) is 0 Å². The molecule has 0 fully saturated rings. The summed E-state index contributed by atoms with van der Waals surface area (Å²) in [5, 5.41) is 3.01. The van der Waals surface area contributed by atoms with E-state index in [1.54, 1.807) is 7.05 Å². The van der Waals surface area contributed by atoms with Crippen molar-refractivity contribution in [3.8, 4) is 0 Å². The molecule has 0 radical (unpaired) electrons. The highest BCUT2D eigenvalue weighted by Crippen LogP contribution is 2.06. The van der Waals surface area contributed by atoms with Crippen LogP contribution in [0.25, 0.3) is 0 Å². The first-order chi connectivity index (χ1) is 7.40. The van der Waals surface area contributed by atoms with Crippen molar-refractivity contribution < 1.29 is 8.42 Å². The van der Waals surface area contributed by atoms with E-state index in [1.807, 2.05) is 7.05 Å². The SMILES string of the molecule is CNCCCCS(=O)(=O)N(C)CCC(C)C. The molecule has 0 rings (SSSR count). The summed E-state index contributed by atoms with van der Waals surface area (Å²) in [4.78, 5) is 0. The third-order valence-corrected chi connectivity index (χ3v) is 4.51. The van der Waals surface area contributed by atoms with E-state index in [9.17, 15) is 8.42 Å². The molecule has 1 N–H and O–H groups in total. The molecule has 5 heteroatoms. The number of hydrogen-bond donors (Lipinski definition) is 1. The first-order valence-corrected chi connectivity index (χ1v) is 7.59. The Labute approximate surface area is 100 Å². The number of nitrogens with zero attached hydrogens (tertiary/aromatic N) is 1. The van der Waals surface area contributed by atoms with Crippen molar-refractivity contribution in [2.75, 3.05) is 32.9 Å². The Balaban J connectivity index is 3.91. The number of hydrogen-bond acceptors (Lipinski definition) is 3. The molecule has 0 aliphatic rings. The van der Waals surface area contributed by atoms with Gasteiger partial charge in [0.1, 0.15) is 0 Å². The van der Waals surface area contributed by atoms with E-state index in [0.29, 0.717) is 12.5 Å². The van der Waals surface area contributed by atoms with Gasteiger partial charge in [0.2, 0.25) is 10.0 Å². The Bertz CT molecular complexity index is 263. The Morgan fingerprint density at radius 2 is 1.88 bits per heavy atom. The largest absolute Gasteiger partial charge is 0.320 e. The zero-order valence-corrected chi connectivity index (χ0v) is 11.8. The molecule has 98 valence electrons. The standard InChI is InChI=1S/C11H26N2O2S/c1-11(2)7-9-13(4)16(14,15)10-6-5-8-12-3/h11-12H,5-10H2,1-4H3. The van der Waals surface area contributed by atoms with Crippen molar-refractivity contribution in [1.29, 1.82) is 0 Å². The molecular weight excluding hydrogens is 224 g/mol. The minimum Gasteiger partial charge on any atom is -0.320 e. The number of nitrogens with one attached hydrogen (secondary N) is 1. The maximum Gasteiger partial charge on any atom is 0.213 e. The summed E-state index contributed by atoms with van der Waals surface area (Å²) < 4.78 is 25.1. The fourth-order valence-corrected chi connectivity index (χ4v) is 2.59. The van der Waals surface area contributed by atoms with Gasteiger partial charge in [-0.2, -0.15) is 0 Å². The predicted molar refractivity (Wildman–Crippen MR) is 69.0 cm³/mol. The maximum atomic E-state index is 11.8. The molecule has 16 heavy (non-hydrogen) atoms. The molecule has 0 aromatic carbocycles. The van der Waals surface area contributed by atoms with Gasteiger partial charge in [-0.1, -0.05) is 13.8 Å². The van der Waals surface area contributed by atoms with E-state index < -0.39 is 10.0 Å². The van der Waals surface area contributed by atoms with Crippen molar-refractivity contribution in [3.63, 3.8) is 0 Å². The quantitative estimate of drug-likeness (QED) is 0.627. The summed E-state index contributed by atoms with van der Waals surface area (Å²) in [7, 11) is 0.524. The van der Waals surface area contributed by atoms with E-state index in [4.69, 9.17) is 0 Å². The van der Waals surface area contributed by atoms with Crippen molar-refractivity contribution in [2.45, 2.75) is 33.1 Å². The summed E-state index contributed by atoms with van der Waals surface area (Å²) in [6.45, 7) is 5.72. The highest BCUT2D eigenvalue weighted by molar-refractivity contribution is 7.89. The molecule has 0 aliphatic carbocycles. The first-order valence-electron chi connectivity index (χ1n) is 5.98. The van der Waals surface area contributed by atoms with Gasteiger partial charge in [0.15, 0.2) is 0 Å². The molecule has 0 aromatic rings. The average molecular weight is 250 g/mol. The van der Waals surface area contributed by atoms with Crippen molar-refractivity contribution >= 4 is 10.0 Å². The molecule has 0 unspecified atom stereocenters. The molecule has 0 bridgehead atoms. The van der Waals surface area contributed by atoms with Gasteiger partial charge in [-0.15, -0.1) is 0 Å². The number of rotatable bonds is 9. The van der Waals surface area contributed by atoms with Crippen LogP contribution < -0.4 is 5.32 Å². The molecule has 0 saturated heterocycles. The van der Waals surface area contributed by atoms with Gasteiger partial charge in [-0.05, 0) is 38.8 Å². The van der Waals surface area contributed by atoms with Crippen molar-refractivity contribution in [2.24, 2.45) is 5.92 Å². The fourth-order valence-electron chi connectivity index (χ4n) is 1.32. The Morgan fingerprint density at radius 1 is 1.25 bits per heavy atom. The third-order valence-electron chi connectivity index (χ3n) is 2.58. The van der Waals surface area contributed by atoms with Gasteiger partial charge in [0.05, 0.1) is 5.75 Å². The molecule has 0 aromatic heterocycles. The van der Waals surface area contributed by atoms with Crippen LogP contribution in [0.5, 0.6) is 0 Å². The molecule has 0 amide bonds. The second-order valence-corrected chi connectivity index (χ2v) is 6.83. The Kier molecular flexibility index (Phi) is 7.97. The summed E-state index contributed by atoms with van der Waals surface area (Å²) in [6.07, 6.45) is 2.56. The van der Waals surface area contributed by atoms with Gasteiger partial charge in [0, 0.05) is 13.6 Å². The molecule has 0 heterocycles. The molecule has 0 atom stereocenters. The first kappa shape index (κ1) is 15.9. The summed E-state index contributed by atoms with van der Waals surface area (Å²) in [5.74, 6) is 0.811. The van der Waals surface area contributed by atoms with Gasteiger partial charge in [0.25, 0.3) is 0 Å². The minimum atomic E-state index is -3.03. The van der Waals surface area contributed by atoms with E-state index in [1.165, 1.54) is 4.31 Å². The van der Waals surface area contributed by atoms with Gasteiger partial charge >= 0.3 is 0 Å². The van der Waals surface area contributed by atoms with Crippen LogP contribution in [-0.2, 0) is 10.0 Å². The predicted octanol–water partition coefficient (Wildman–Crippen LogP) is 1.29. The zero-order chi connectivity index (χ0) is 12.6. The molecule has 0 saturated carbocycles. The second-order valence-electron chi connectivity index (χ2n) is 4.63. The van der Waals surface area contributed by atoms with Crippen LogP contribution in [0.15, 0.2) is 0 Å². The average Bonchev–Trinajstić information content (AvgIpc) is 2.20. The topological polar surface area (TPSA) is 49.4 Å². The van der Waals surface area contributed by atoms with Crippen LogP contribution in [0.1, 0.15) is 33.1 Å². The molecule has 0 spiro atoms. The monoisotopic (exact) mass is 250 g/mol. The van der Waals surface area contributed by atoms with Crippen LogP contribution in [-0.4, -0.2) is 45.7 Å². The van der Waals surface area contributed by atoms with Crippen LogP contribution in [0, 0.1) is 5.92 Å². The van der Waals surface area contributed by atoms with E-state index in [-0.39, 0.29) is 5.75 Å².